The molecule has 0 aliphatic rings. The van der Waals surface area contributed by atoms with Crippen LogP contribution in [-0.4, -0.2) is 5.91 Å². The van der Waals surface area contributed by atoms with Gasteiger partial charge in [0.2, 0.25) is 0 Å². The highest BCUT2D eigenvalue weighted by molar-refractivity contribution is 6.44. The van der Waals surface area contributed by atoms with E-state index in [0.717, 1.165) is 5.56 Å². The second-order valence-corrected chi connectivity index (χ2v) is 4.87. The molecular weight excluding hydrogens is 295 g/mol. The topological polar surface area (TPSA) is 52.9 Å². The van der Waals surface area contributed by atoms with Crippen LogP contribution in [0.15, 0.2) is 42.5 Å². The van der Waals surface area contributed by atoms with Gasteiger partial charge in [-0.2, -0.15) is 5.26 Å². The van der Waals surface area contributed by atoms with Gasteiger partial charge in [0.05, 0.1) is 28.1 Å². The molecule has 0 unspecified atom stereocenters. The van der Waals surface area contributed by atoms with Crippen LogP contribution in [0.5, 0.6) is 0 Å². The van der Waals surface area contributed by atoms with Crippen molar-refractivity contribution in [1.82, 2.24) is 0 Å². The molecule has 2 rings (SSSR count). The lowest BCUT2D eigenvalue weighted by Gasteiger charge is -2.08. The summed E-state index contributed by atoms with van der Waals surface area (Å²) in [4.78, 5) is 12.1. The summed E-state index contributed by atoms with van der Waals surface area (Å²) in [5, 5.41) is 11.9. The summed E-state index contributed by atoms with van der Waals surface area (Å²) in [5.74, 6) is -0.328. The first-order valence-corrected chi connectivity index (χ1v) is 6.58. The van der Waals surface area contributed by atoms with Crippen molar-refractivity contribution in [2.45, 2.75) is 6.42 Å². The van der Waals surface area contributed by atoms with Crippen molar-refractivity contribution < 1.29 is 4.79 Å². The number of nitriles is 1. The third kappa shape index (κ3) is 3.30. The van der Waals surface area contributed by atoms with Crippen molar-refractivity contribution in [2.24, 2.45) is 0 Å². The number of nitrogens with one attached hydrogen (secondary N) is 1. The van der Waals surface area contributed by atoms with E-state index in [4.69, 9.17) is 28.5 Å². The van der Waals surface area contributed by atoms with E-state index in [0.29, 0.717) is 22.7 Å². The van der Waals surface area contributed by atoms with E-state index in [9.17, 15) is 4.79 Å². The van der Waals surface area contributed by atoms with Crippen molar-refractivity contribution in [3.8, 4) is 6.07 Å². The van der Waals surface area contributed by atoms with Crippen LogP contribution in [-0.2, 0) is 6.42 Å². The molecule has 0 spiro atoms. The molecule has 0 saturated carbocycles. The zero-order valence-corrected chi connectivity index (χ0v) is 11.9. The van der Waals surface area contributed by atoms with Gasteiger partial charge < -0.3 is 5.32 Å². The van der Waals surface area contributed by atoms with Crippen molar-refractivity contribution in [1.29, 1.82) is 5.26 Å². The molecule has 0 bridgehead atoms. The second-order valence-electron chi connectivity index (χ2n) is 4.09. The number of nitrogens with zero attached hydrogens (tertiary/aromatic N) is 1. The molecule has 1 N–H and O–H groups in total. The Morgan fingerprint density at radius 3 is 2.50 bits per heavy atom. The Morgan fingerprint density at radius 2 is 1.85 bits per heavy atom. The highest BCUT2D eigenvalue weighted by Crippen LogP contribution is 2.26. The third-order valence-corrected chi connectivity index (χ3v) is 3.51. The Kier molecular flexibility index (Phi) is 4.62. The van der Waals surface area contributed by atoms with Crippen LogP contribution in [0.4, 0.5) is 5.69 Å². The Hall–Kier alpha value is -2.02. The molecule has 2 aromatic carbocycles. The van der Waals surface area contributed by atoms with Gasteiger partial charge in [-0.3, -0.25) is 4.79 Å². The van der Waals surface area contributed by atoms with Gasteiger partial charge in [-0.05, 0) is 29.8 Å². The molecular formula is C15H10Cl2N2O. The maximum atomic E-state index is 12.1. The Balaban J connectivity index is 2.15. The van der Waals surface area contributed by atoms with Crippen LogP contribution in [0.3, 0.4) is 0 Å². The molecule has 20 heavy (non-hydrogen) atoms. The minimum absolute atomic E-state index is 0.229. The Bertz CT molecular complexity index is 675. The lowest BCUT2D eigenvalue weighted by Crippen LogP contribution is -2.12. The predicted octanol–water partition coefficient (Wildman–Crippen LogP) is 4.31. The van der Waals surface area contributed by atoms with E-state index in [1.807, 2.05) is 0 Å². The molecule has 0 aromatic heterocycles. The summed E-state index contributed by atoms with van der Waals surface area (Å²) < 4.78 is 0. The average molecular weight is 305 g/mol. The predicted molar refractivity (Wildman–Crippen MR) is 80.2 cm³/mol. The quantitative estimate of drug-likeness (QED) is 0.918. The molecule has 2 aromatic rings. The maximum Gasteiger partial charge on any atom is 0.257 e. The number of amides is 1. The van der Waals surface area contributed by atoms with E-state index in [2.05, 4.69) is 11.4 Å². The summed E-state index contributed by atoms with van der Waals surface area (Å²) in [6.45, 7) is 0. The van der Waals surface area contributed by atoms with Crippen LogP contribution in [0.2, 0.25) is 10.0 Å². The first-order chi connectivity index (χ1) is 9.61. The van der Waals surface area contributed by atoms with E-state index in [1.165, 1.54) is 0 Å². The van der Waals surface area contributed by atoms with Crippen molar-refractivity contribution >= 4 is 34.8 Å². The molecule has 0 heterocycles. The standard InChI is InChI=1S/C15H10Cl2N2O/c16-13-3-1-2-12(14(13)17)15(20)19-11-6-4-10(5-7-11)8-9-18/h1-7H,8H2,(H,19,20). The van der Waals surface area contributed by atoms with E-state index in [1.54, 1.807) is 42.5 Å². The summed E-state index contributed by atoms with van der Waals surface area (Å²) in [6.07, 6.45) is 0.342. The molecule has 0 atom stereocenters. The lowest BCUT2D eigenvalue weighted by atomic mass is 10.1. The van der Waals surface area contributed by atoms with Gasteiger partial charge in [0.1, 0.15) is 0 Å². The molecule has 0 aliphatic heterocycles. The third-order valence-electron chi connectivity index (χ3n) is 2.69. The van der Waals surface area contributed by atoms with Gasteiger partial charge in [-0.1, -0.05) is 41.4 Å². The molecule has 3 nitrogen and oxygen atoms in total. The molecule has 0 saturated heterocycles. The van der Waals surface area contributed by atoms with Crippen LogP contribution in [0.25, 0.3) is 0 Å². The van der Waals surface area contributed by atoms with E-state index < -0.39 is 0 Å². The zero-order chi connectivity index (χ0) is 14.5. The van der Waals surface area contributed by atoms with Gasteiger partial charge in [0.15, 0.2) is 0 Å². The van der Waals surface area contributed by atoms with Crippen molar-refractivity contribution in [2.75, 3.05) is 5.32 Å². The number of hydrogen-bond acceptors (Lipinski definition) is 2. The van der Waals surface area contributed by atoms with Gasteiger partial charge >= 0.3 is 0 Å². The fraction of sp³-hybridized carbons (Fsp3) is 0.0667. The fourth-order valence-electron chi connectivity index (χ4n) is 1.67. The number of benzene rings is 2. The number of carbonyl (C=O) groups is 1. The van der Waals surface area contributed by atoms with E-state index >= 15 is 0 Å². The zero-order valence-electron chi connectivity index (χ0n) is 10.4. The molecule has 0 fully saturated rings. The summed E-state index contributed by atoms with van der Waals surface area (Å²) in [7, 11) is 0. The molecule has 100 valence electrons. The number of anilines is 1. The Labute approximate surface area is 126 Å². The average Bonchev–Trinajstić information content (AvgIpc) is 2.44. The van der Waals surface area contributed by atoms with Gasteiger partial charge in [0.25, 0.3) is 5.91 Å². The van der Waals surface area contributed by atoms with Crippen LogP contribution in [0, 0.1) is 11.3 Å². The lowest BCUT2D eigenvalue weighted by molar-refractivity contribution is 0.102. The molecule has 0 aliphatic carbocycles. The summed E-state index contributed by atoms with van der Waals surface area (Å²) in [6, 6.07) is 14.0. The van der Waals surface area contributed by atoms with Gasteiger partial charge in [-0.15, -0.1) is 0 Å². The summed E-state index contributed by atoms with van der Waals surface area (Å²) >= 11 is 11.9. The number of halogens is 2. The normalized spacial score (nSPS) is 9.85. The smallest absolute Gasteiger partial charge is 0.257 e. The highest BCUT2D eigenvalue weighted by atomic mass is 35.5. The molecule has 0 radical (unpaired) electrons. The Morgan fingerprint density at radius 1 is 1.15 bits per heavy atom. The van der Waals surface area contributed by atoms with Gasteiger partial charge in [-0.25, -0.2) is 0 Å². The van der Waals surface area contributed by atoms with Crippen LogP contribution >= 0.6 is 23.2 Å². The number of rotatable bonds is 3. The van der Waals surface area contributed by atoms with Crippen LogP contribution in [0.1, 0.15) is 15.9 Å². The van der Waals surface area contributed by atoms with Crippen molar-refractivity contribution in [3.63, 3.8) is 0 Å². The van der Waals surface area contributed by atoms with Crippen molar-refractivity contribution in [3.05, 3.63) is 63.6 Å². The molecule has 1 amide bonds. The minimum Gasteiger partial charge on any atom is -0.322 e. The minimum atomic E-state index is -0.328. The van der Waals surface area contributed by atoms with E-state index in [-0.39, 0.29) is 10.9 Å². The number of hydrogen-bond donors (Lipinski definition) is 1. The monoisotopic (exact) mass is 304 g/mol. The second kappa shape index (κ2) is 6.42. The maximum absolute atomic E-state index is 12.1. The number of carbonyl (C=O) groups excluding carboxylic acids is 1. The first-order valence-electron chi connectivity index (χ1n) is 5.83. The fourth-order valence-corrected chi connectivity index (χ4v) is 2.06. The SMILES string of the molecule is N#CCc1ccc(NC(=O)c2cccc(Cl)c2Cl)cc1. The largest absolute Gasteiger partial charge is 0.322 e. The van der Waals surface area contributed by atoms with Gasteiger partial charge in [0, 0.05) is 5.69 Å². The molecule has 5 heteroatoms. The highest BCUT2D eigenvalue weighted by Gasteiger charge is 2.12. The summed E-state index contributed by atoms with van der Waals surface area (Å²) in [5.41, 5.74) is 1.85. The first kappa shape index (κ1) is 14.4. The van der Waals surface area contributed by atoms with Crippen LogP contribution < -0.4 is 5.32 Å².